The van der Waals surface area contributed by atoms with E-state index in [1.807, 2.05) is 0 Å². The van der Waals surface area contributed by atoms with Crippen molar-refractivity contribution in [3.05, 3.63) is 51.8 Å². The second kappa shape index (κ2) is 5.28. The average molecular weight is 289 g/mol. The van der Waals surface area contributed by atoms with E-state index in [1.54, 1.807) is 18.2 Å². The SMILES string of the molecule is O=C(c1ccc2c(c1)OCCCO2)c1ccc([N+](=O)[O-])o1. The van der Waals surface area contributed by atoms with E-state index in [4.69, 9.17) is 13.9 Å². The topological polar surface area (TPSA) is 91.8 Å². The fourth-order valence-corrected chi connectivity index (χ4v) is 1.99. The zero-order valence-electron chi connectivity index (χ0n) is 10.9. The van der Waals surface area contributed by atoms with Gasteiger partial charge in [-0.1, -0.05) is 0 Å². The van der Waals surface area contributed by atoms with E-state index in [9.17, 15) is 14.9 Å². The van der Waals surface area contributed by atoms with Gasteiger partial charge in [-0.2, -0.15) is 0 Å². The summed E-state index contributed by atoms with van der Waals surface area (Å²) >= 11 is 0. The van der Waals surface area contributed by atoms with Gasteiger partial charge in [-0.15, -0.1) is 0 Å². The number of ether oxygens (including phenoxy) is 2. The summed E-state index contributed by atoms with van der Waals surface area (Å²) in [5, 5.41) is 10.6. The maximum absolute atomic E-state index is 12.2. The van der Waals surface area contributed by atoms with Crippen molar-refractivity contribution in [2.24, 2.45) is 0 Å². The zero-order chi connectivity index (χ0) is 14.8. The Balaban J connectivity index is 1.90. The molecule has 7 nitrogen and oxygen atoms in total. The summed E-state index contributed by atoms with van der Waals surface area (Å²) in [6, 6.07) is 7.20. The second-order valence-corrected chi connectivity index (χ2v) is 4.44. The summed E-state index contributed by atoms with van der Waals surface area (Å²) in [7, 11) is 0. The predicted molar refractivity (Wildman–Crippen MR) is 70.8 cm³/mol. The molecule has 1 aliphatic heterocycles. The van der Waals surface area contributed by atoms with Crippen LogP contribution in [-0.4, -0.2) is 23.9 Å². The first-order valence-electron chi connectivity index (χ1n) is 6.34. The molecule has 2 aromatic rings. The molecule has 0 aliphatic carbocycles. The van der Waals surface area contributed by atoms with Gasteiger partial charge in [0.2, 0.25) is 5.78 Å². The molecule has 7 heteroatoms. The van der Waals surface area contributed by atoms with Crippen molar-refractivity contribution in [2.75, 3.05) is 13.2 Å². The summed E-state index contributed by atoms with van der Waals surface area (Å²) in [4.78, 5) is 22.1. The van der Waals surface area contributed by atoms with E-state index in [1.165, 1.54) is 6.07 Å². The number of ketones is 1. The molecule has 2 heterocycles. The van der Waals surface area contributed by atoms with Gasteiger partial charge in [0.25, 0.3) is 0 Å². The second-order valence-electron chi connectivity index (χ2n) is 4.44. The largest absolute Gasteiger partial charge is 0.490 e. The number of rotatable bonds is 3. The molecule has 0 N–H and O–H groups in total. The minimum Gasteiger partial charge on any atom is -0.490 e. The van der Waals surface area contributed by atoms with Gasteiger partial charge in [-0.3, -0.25) is 14.9 Å². The molecule has 0 atom stereocenters. The fourth-order valence-electron chi connectivity index (χ4n) is 1.99. The van der Waals surface area contributed by atoms with E-state index in [-0.39, 0.29) is 5.76 Å². The molecule has 0 unspecified atom stereocenters. The highest BCUT2D eigenvalue weighted by Gasteiger charge is 2.20. The van der Waals surface area contributed by atoms with Crippen molar-refractivity contribution >= 4 is 11.7 Å². The highest BCUT2D eigenvalue weighted by molar-refractivity contribution is 6.07. The zero-order valence-corrected chi connectivity index (χ0v) is 10.9. The van der Waals surface area contributed by atoms with Crippen molar-refractivity contribution in [3.63, 3.8) is 0 Å². The van der Waals surface area contributed by atoms with Crippen LogP contribution in [-0.2, 0) is 0 Å². The summed E-state index contributed by atoms with van der Waals surface area (Å²) in [5.41, 5.74) is 0.323. The first-order chi connectivity index (χ1) is 10.1. The quantitative estimate of drug-likeness (QED) is 0.490. The minimum absolute atomic E-state index is 0.0869. The number of carbonyl (C=O) groups excluding carboxylic acids is 1. The molecule has 0 saturated carbocycles. The van der Waals surface area contributed by atoms with Crippen LogP contribution in [0.2, 0.25) is 0 Å². The van der Waals surface area contributed by atoms with E-state index in [0.29, 0.717) is 30.3 Å². The van der Waals surface area contributed by atoms with Crippen molar-refractivity contribution in [1.82, 2.24) is 0 Å². The standard InChI is InChI=1S/C14H11NO6/c16-14(11-4-5-13(21-11)15(17)18)9-2-3-10-12(8-9)20-7-1-6-19-10/h2-5,8H,1,6-7H2. The third kappa shape index (κ3) is 2.58. The lowest BCUT2D eigenvalue weighted by Crippen LogP contribution is -2.01. The fraction of sp³-hybridized carbons (Fsp3) is 0.214. The number of fused-ring (bicyclic) bond motifs is 1. The normalized spacial score (nSPS) is 13.5. The maximum Gasteiger partial charge on any atom is 0.433 e. The van der Waals surface area contributed by atoms with Crippen LogP contribution in [0.15, 0.2) is 34.7 Å². The van der Waals surface area contributed by atoms with Crippen LogP contribution in [0.4, 0.5) is 5.88 Å². The maximum atomic E-state index is 12.2. The molecular formula is C14H11NO6. The van der Waals surface area contributed by atoms with Crippen LogP contribution < -0.4 is 9.47 Å². The Morgan fingerprint density at radius 1 is 1.10 bits per heavy atom. The first kappa shape index (κ1) is 13.2. The van der Waals surface area contributed by atoms with E-state index in [2.05, 4.69) is 0 Å². The van der Waals surface area contributed by atoms with E-state index >= 15 is 0 Å². The number of hydrogen-bond acceptors (Lipinski definition) is 6. The molecule has 21 heavy (non-hydrogen) atoms. The number of nitrogens with zero attached hydrogens (tertiary/aromatic N) is 1. The van der Waals surface area contributed by atoms with Gasteiger partial charge in [0, 0.05) is 12.0 Å². The molecule has 1 aliphatic rings. The smallest absolute Gasteiger partial charge is 0.433 e. The predicted octanol–water partition coefficient (Wildman–Crippen LogP) is 2.58. The molecule has 1 aromatic carbocycles. The van der Waals surface area contributed by atoms with Crippen molar-refractivity contribution in [1.29, 1.82) is 0 Å². The highest BCUT2D eigenvalue weighted by atomic mass is 16.6. The lowest BCUT2D eigenvalue weighted by molar-refractivity contribution is -0.402. The third-order valence-corrected chi connectivity index (χ3v) is 3.01. The summed E-state index contributed by atoms with van der Waals surface area (Å²) in [6.45, 7) is 1.07. The number of benzene rings is 1. The highest BCUT2D eigenvalue weighted by Crippen LogP contribution is 2.31. The summed E-state index contributed by atoms with van der Waals surface area (Å²) in [6.07, 6.45) is 0.766. The molecule has 3 rings (SSSR count). The van der Waals surface area contributed by atoms with Crippen molar-refractivity contribution < 1.29 is 23.6 Å². The van der Waals surface area contributed by atoms with Crippen molar-refractivity contribution in [2.45, 2.75) is 6.42 Å². The Kier molecular flexibility index (Phi) is 3.31. The monoisotopic (exact) mass is 289 g/mol. The van der Waals surface area contributed by atoms with Crippen LogP contribution in [0.3, 0.4) is 0 Å². The van der Waals surface area contributed by atoms with Gasteiger partial charge in [0.1, 0.15) is 4.92 Å². The Morgan fingerprint density at radius 3 is 2.57 bits per heavy atom. The van der Waals surface area contributed by atoms with Crippen LogP contribution >= 0.6 is 0 Å². The summed E-state index contributed by atoms with van der Waals surface area (Å²) in [5.74, 6) is 0.0662. The van der Waals surface area contributed by atoms with Gasteiger partial charge in [0.05, 0.1) is 19.3 Å². The van der Waals surface area contributed by atoms with Gasteiger partial charge < -0.3 is 13.9 Å². The first-order valence-corrected chi connectivity index (χ1v) is 6.34. The molecule has 0 bridgehead atoms. The number of nitro groups is 1. The van der Waals surface area contributed by atoms with Gasteiger partial charge in [-0.05, 0) is 24.3 Å². The molecule has 0 saturated heterocycles. The van der Waals surface area contributed by atoms with Gasteiger partial charge in [0.15, 0.2) is 17.3 Å². The lowest BCUT2D eigenvalue weighted by Gasteiger charge is -2.08. The Morgan fingerprint density at radius 2 is 1.86 bits per heavy atom. The lowest BCUT2D eigenvalue weighted by atomic mass is 10.1. The summed E-state index contributed by atoms with van der Waals surface area (Å²) < 4.78 is 15.9. The van der Waals surface area contributed by atoms with Crippen LogP contribution in [0, 0.1) is 10.1 Å². The molecule has 1 aromatic heterocycles. The van der Waals surface area contributed by atoms with Gasteiger partial charge >= 0.3 is 5.88 Å². The van der Waals surface area contributed by atoms with E-state index < -0.39 is 16.6 Å². The number of hydrogen-bond donors (Lipinski definition) is 0. The van der Waals surface area contributed by atoms with E-state index in [0.717, 1.165) is 12.5 Å². The van der Waals surface area contributed by atoms with Gasteiger partial charge in [-0.25, -0.2) is 0 Å². The molecule has 0 radical (unpaired) electrons. The minimum atomic E-state index is -0.690. The Hall–Kier alpha value is -2.83. The Labute approximate surface area is 119 Å². The molecule has 108 valence electrons. The number of carbonyl (C=O) groups is 1. The molecule has 0 amide bonds. The average Bonchev–Trinajstić information content (AvgIpc) is 2.86. The molecular weight excluding hydrogens is 278 g/mol. The van der Waals surface area contributed by atoms with Crippen molar-refractivity contribution in [3.8, 4) is 11.5 Å². The molecule has 0 fully saturated rings. The molecule has 0 spiro atoms. The van der Waals surface area contributed by atoms with Crippen LogP contribution in [0.25, 0.3) is 0 Å². The third-order valence-electron chi connectivity index (χ3n) is 3.01. The Bertz CT molecular complexity index is 705. The van der Waals surface area contributed by atoms with Crippen LogP contribution in [0.1, 0.15) is 22.5 Å². The van der Waals surface area contributed by atoms with Crippen LogP contribution in [0.5, 0.6) is 11.5 Å². The number of furan rings is 1.